The number of esters is 1. The summed E-state index contributed by atoms with van der Waals surface area (Å²) in [4.78, 5) is 27.1. The number of sulfonamides is 1. The van der Waals surface area contributed by atoms with Crippen LogP contribution in [-0.4, -0.2) is 27.4 Å². The van der Waals surface area contributed by atoms with E-state index in [4.69, 9.17) is 0 Å². The van der Waals surface area contributed by atoms with Gasteiger partial charge in [-0.15, -0.1) is 16.2 Å². The third-order valence-corrected chi connectivity index (χ3v) is 6.13. The number of hydrogen-bond donors (Lipinski definition) is 2. The van der Waals surface area contributed by atoms with Crippen LogP contribution in [0.4, 0.5) is 0 Å². The lowest BCUT2D eigenvalue weighted by Crippen LogP contribution is -2.41. The third kappa shape index (κ3) is 4.25. The fraction of sp³-hybridized carbons (Fsp3) is 0.250. The molecule has 9 heteroatoms. The van der Waals surface area contributed by atoms with Gasteiger partial charge in [-0.2, -0.15) is 0 Å². The molecule has 0 saturated carbocycles. The summed E-state index contributed by atoms with van der Waals surface area (Å²) in [6.07, 6.45) is 0.794. The Morgan fingerprint density at radius 1 is 1.24 bits per heavy atom. The zero-order valence-corrected chi connectivity index (χ0v) is 15.6. The van der Waals surface area contributed by atoms with Gasteiger partial charge in [-0.25, -0.2) is 13.2 Å². The van der Waals surface area contributed by atoms with Crippen LogP contribution in [0.2, 0.25) is 0 Å². The molecule has 0 aliphatic heterocycles. The van der Waals surface area contributed by atoms with Crippen molar-refractivity contribution in [2.24, 2.45) is 0 Å². The second-order valence-electron chi connectivity index (χ2n) is 5.12. The first-order valence-electron chi connectivity index (χ1n) is 7.39. The largest absolute Gasteiger partial charge is 0.465 e. The summed E-state index contributed by atoms with van der Waals surface area (Å²) in [5.74, 6) is -1.35. The van der Waals surface area contributed by atoms with Gasteiger partial charge >= 0.3 is 5.97 Å². The summed E-state index contributed by atoms with van der Waals surface area (Å²) in [5.41, 5.74) is 3.03. The number of amides is 1. The Morgan fingerprint density at radius 2 is 1.92 bits per heavy atom. The molecule has 0 aliphatic rings. The third-order valence-electron chi connectivity index (χ3n) is 3.45. The zero-order valence-electron chi connectivity index (χ0n) is 14.0. The molecule has 25 heavy (non-hydrogen) atoms. The van der Waals surface area contributed by atoms with E-state index in [9.17, 15) is 18.0 Å². The van der Waals surface area contributed by atoms with Crippen LogP contribution in [0.25, 0.3) is 0 Å². The van der Waals surface area contributed by atoms with Crippen LogP contribution in [0.1, 0.15) is 37.4 Å². The fourth-order valence-electron chi connectivity index (χ4n) is 2.19. The molecule has 0 fully saturated rings. The number of ether oxygens (including phenoxy) is 1. The van der Waals surface area contributed by atoms with Crippen LogP contribution in [0.5, 0.6) is 0 Å². The maximum absolute atomic E-state index is 12.4. The predicted molar refractivity (Wildman–Crippen MR) is 94.0 cm³/mol. The number of aryl methyl sites for hydroxylation is 2. The average Bonchev–Trinajstić information content (AvgIpc) is 3.00. The van der Waals surface area contributed by atoms with Crippen LogP contribution in [0, 0.1) is 6.92 Å². The summed E-state index contributed by atoms with van der Waals surface area (Å²) in [5, 5.41) is 0. The lowest BCUT2D eigenvalue weighted by atomic mass is 10.2. The molecular formula is C16H18N2O5S2. The van der Waals surface area contributed by atoms with E-state index in [0.717, 1.165) is 24.0 Å². The average molecular weight is 382 g/mol. The second kappa shape index (κ2) is 7.77. The number of hydrazine groups is 1. The van der Waals surface area contributed by atoms with E-state index < -0.39 is 21.9 Å². The van der Waals surface area contributed by atoms with E-state index in [2.05, 4.69) is 10.2 Å². The number of nitrogens with one attached hydrogen (secondary N) is 2. The molecule has 2 N–H and O–H groups in total. The molecule has 7 nitrogen and oxygen atoms in total. The van der Waals surface area contributed by atoms with Crippen LogP contribution >= 0.6 is 11.3 Å². The summed E-state index contributed by atoms with van der Waals surface area (Å²) in [6.45, 7) is 3.87. The second-order valence-corrected chi connectivity index (χ2v) is 7.91. The lowest BCUT2D eigenvalue weighted by molar-refractivity contribution is 0.0596. The molecule has 1 amide bonds. The number of hydrogen-bond acceptors (Lipinski definition) is 6. The van der Waals surface area contributed by atoms with Gasteiger partial charge in [0.1, 0.15) is 0 Å². The fourth-order valence-corrected chi connectivity index (χ4v) is 4.24. The lowest BCUT2D eigenvalue weighted by Gasteiger charge is -2.10. The highest BCUT2D eigenvalue weighted by molar-refractivity contribution is 7.89. The first-order valence-corrected chi connectivity index (χ1v) is 9.69. The highest BCUT2D eigenvalue weighted by atomic mass is 32.2. The molecule has 0 unspecified atom stereocenters. The zero-order chi connectivity index (χ0) is 18.6. The van der Waals surface area contributed by atoms with Crippen molar-refractivity contribution in [1.82, 2.24) is 10.3 Å². The maximum atomic E-state index is 12.4. The smallest absolute Gasteiger partial charge is 0.339 e. The maximum Gasteiger partial charge on any atom is 0.339 e. The van der Waals surface area contributed by atoms with Crippen molar-refractivity contribution in [3.8, 4) is 0 Å². The predicted octanol–water partition coefficient (Wildman–Crippen LogP) is 2.03. The topological polar surface area (TPSA) is 102 Å². The Bertz CT molecular complexity index is 903. The highest BCUT2D eigenvalue weighted by Gasteiger charge is 2.23. The molecule has 1 aromatic carbocycles. The number of benzene rings is 1. The van der Waals surface area contributed by atoms with Gasteiger partial charge in [-0.3, -0.25) is 10.2 Å². The molecule has 0 atom stereocenters. The Kier molecular flexibility index (Phi) is 5.93. The molecule has 0 aliphatic carbocycles. The summed E-state index contributed by atoms with van der Waals surface area (Å²) in [6, 6.07) is 7.28. The number of methoxy groups -OCH3 is 1. The minimum atomic E-state index is -4.14. The molecule has 1 heterocycles. The standard InChI is InChI=1S/C16H18N2O5S2/c1-4-12-10(2)9-13(24-12)15(19)17-18-25(21,22)14-8-6-5-7-11(14)16(20)23-3/h5-9,18H,4H2,1-3H3,(H,17,19). The minimum absolute atomic E-state index is 0.119. The first-order chi connectivity index (χ1) is 11.8. The van der Waals surface area contributed by atoms with Crippen LogP contribution < -0.4 is 10.3 Å². The van der Waals surface area contributed by atoms with Crippen LogP contribution in [-0.2, 0) is 21.2 Å². The van der Waals surface area contributed by atoms with Gasteiger partial charge in [0.2, 0.25) is 0 Å². The Morgan fingerprint density at radius 3 is 2.52 bits per heavy atom. The van der Waals surface area contributed by atoms with Gasteiger partial charge < -0.3 is 4.74 Å². The van der Waals surface area contributed by atoms with Gasteiger partial charge in [0.05, 0.1) is 22.4 Å². The van der Waals surface area contributed by atoms with E-state index >= 15 is 0 Å². The monoisotopic (exact) mass is 382 g/mol. The summed E-state index contributed by atoms with van der Waals surface area (Å²) >= 11 is 1.30. The minimum Gasteiger partial charge on any atom is -0.465 e. The molecule has 134 valence electrons. The molecule has 0 bridgehead atoms. The molecule has 0 saturated heterocycles. The molecule has 2 rings (SSSR count). The van der Waals surface area contributed by atoms with Crippen molar-refractivity contribution < 1.29 is 22.7 Å². The number of rotatable bonds is 6. The van der Waals surface area contributed by atoms with E-state index in [0.29, 0.717) is 4.88 Å². The Balaban J connectivity index is 2.19. The van der Waals surface area contributed by atoms with Crippen molar-refractivity contribution in [3.05, 3.63) is 51.2 Å². The quantitative estimate of drug-likeness (QED) is 0.588. The van der Waals surface area contributed by atoms with E-state index in [-0.39, 0.29) is 10.5 Å². The van der Waals surface area contributed by atoms with Crippen LogP contribution in [0.15, 0.2) is 35.2 Å². The Labute approximate surface area is 150 Å². The van der Waals surface area contributed by atoms with Crippen molar-refractivity contribution in [3.63, 3.8) is 0 Å². The Hall–Kier alpha value is -2.23. The number of carbonyl (C=O) groups excluding carboxylic acids is 2. The first kappa shape index (κ1) is 19.1. The van der Waals surface area contributed by atoms with Gasteiger partial charge in [0.25, 0.3) is 15.9 Å². The van der Waals surface area contributed by atoms with Crippen molar-refractivity contribution >= 4 is 33.2 Å². The van der Waals surface area contributed by atoms with E-state index in [1.807, 2.05) is 18.7 Å². The summed E-state index contributed by atoms with van der Waals surface area (Å²) in [7, 11) is -2.98. The van der Waals surface area contributed by atoms with Crippen molar-refractivity contribution in [2.75, 3.05) is 7.11 Å². The SMILES string of the molecule is CCc1sc(C(=O)NNS(=O)(=O)c2ccccc2C(=O)OC)cc1C. The molecule has 1 aromatic heterocycles. The van der Waals surface area contributed by atoms with Gasteiger partial charge in [-0.05, 0) is 37.1 Å². The van der Waals surface area contributed by atoms with Gasteiger partial charge in [-0.1, -0.05) is 19.1 Å². The normalized spacial score (nSPS) is 11.2. The molecule has 2 aromatic rings. The summed E-state index contributed by atoms with van der Waals surface area (Å²) < 4.78 is 29.4. The molecule has 0 spiro atoms. The van der Waals surface area contributed by atoms with Gasteiger partial charge in [0.15, 0.2) is 0 Å². The van der Waals surface area contributed by atoms with E-state index in [1.54, 1.807) is 6.07 Å². The number of thiophene rings is 1. The highest BCUT2D eigenvalue weighted by Crippen LogP contribution is 2.22. The molecular weight excluding hydrogens is 364 g/mol. The number of carbonyl (C=O) groups is 2. The molecule has 0 radical (unpaired) electrons. The van der Waals surface area contributed by atoms with Crippen molar-refractivity contribution in [1.29, 1.82) is 0 Å². The van der Waals surface area contributed by atoms with Crippen molar-refractivity contribution in [2.45, 2.75) is 25.2 Å². The van der Waals surface area contributed by atoms with E-state index in [1.165, 1.54) is 35.6 Å². The van der Waals surface area contributed by atoms with Crippen LogP contribution in [0.3, 0.4) is 0 Å². The van der Waals surface area contributed by atoms with Gasteiger partial charge in [0, 0.05) is 4.88 Å².